The minimum atomic E-state index is -3.62. The first-order chi connectivity index (χ1) is 8.92. The highest BCUT2D eigenvalue weighted by Crippen LogP contribution is 2.20. The van der Waals surface area contributed by atoms with Gasteiger partial charge in [-0.2, -0.15) is 0 Å². The van der Waals surface area contributed by atoms with Gasteiger partial charge in [0.15, 0.2) is 0 Å². The van der Waals surface area contributed by atoms with Crippen molar-refractivity contribution >= 4 is 21.6 Å². The zero-order chi connectivity index (χ0) is 14.5. The second-order valence-electron chi connectivity index (χ2n) is 4.09. The Kier molecular flexibility index (Phi) is 5.46. The SMILES string of the molecule is CCCC(N)C(=O)Nc1ccccc1S(=O)(=O)NC. The van der Waals surface area contributed by atoms with Gasteiger partial charge in [0.1, 0.15) is 4.90 Å². The molecule has 0 aliphatic rings. The Morgan fingerprint density at radius 3 is 2.58 bits per heavy atom. The first kappa shape index (κ1) is 15.6. The van der Waals surface area contributed by atoms with E-state index in [9.17, 15) is 13.2 Å². The molecule has 0 saturated heterocycles. The molecule has 0 aliphatic carbocycles. The quantitative estimate of drug-likeness (QED) is 0.714. The van der Waals surface area contributed by atoms with E-state index in [4.69, 9.17) is 5.73 Å². The van der Waals surface area contributed by atoms with Crippen LogP contribution in [0.25, 0.3) is 0 Å². The molecule has 6 nitrogen and oxygen atoms in total. The maximum absolute atomic E-state index is 11.8. The molecule has 1 amide bonds. The smallest absolute Gasteiger partial charge is 0.242 e. The van der Waals surface area contributed by atoms with Gasteiger partial charge in [-0.25, -0.2) is 13.1 Å². The summed E-state index contributed by atoms with van der Waals surface area (Å²) in [5.74, 6) is -0.388. The molecule has 0 bridgehead atoms. The van der Waals surface area contributed by atoms with Gasteiger partial charge in [0.2, 0.25) is 15.9 Å². The second kappa shape index (κ2) is 6.65. The van der Waals surface area contributed by atoms with Crippen molar-refractivity contribution in [3.05, 3.63) is 24.3 Å². The number of sulfonamides is 1. The van der Waals surface area contributed by atoms with Crippen LogP contribution in [-0.2, 0) is 14.8 Å². The van der Waals surface area contributed by atoms with E-state index in [0.29, 0.717) is 6.42 Å². The van der Waals surface area contributed by atoms with Gasteiger partial charge in [-0.05, 0) is 25.6 Å². The number of rotatable bonds is 6. The van der Waals surface area contributed by atoms with E-state index >= 15 is 0 Å². The van der Waals surface area contributed by atoms with Crippen LogP contribution in [0.1, 0.15) is 19.8 Å². The van der Waals surface area contributed by atoms with Crippen molar-refractivity contribution in [1.29, 1.82) is 0 Å². The summed E-state index contributed by atoms with van der Waals surface area (Å²) in [4.78, 5) is 11.8. The fourth-order valence-corrected chi connectivity index (χ4v) is 2.47. The summed E-state index contributed by atoms with van der Waals surface area (Å²) < 4.78 is 25.8. The molecular weight excluding hydrogens is 266 g/mol. The van der Waals surface area contributed by atoms with Crippen LogP contribution in [0.15, 0.2) is 29.2 Å². The van der Waals surface area contributed by atoms with Gasteiger partial charge in [0.25, 0.3) is 0 Å². The van der Waals surface area contributed by atoms with Gasteiger partial charge in [-0.15, -0.1) is 0 Å². The van der Waals surface area contributed by atoms with E-state index in [0.717, 1.165) is 6.42 Å². The lowest BCUT2D eigenvalue weighted by atomic mass is 10.1. The summed E-state index contributed by atoms with van der Waals surface area (Å²) in [7, 11) is -2.30. The normalized spacial score (nSPS) is 13.0. The molecule has 0 fully saturated rings. The molecule has 1 aromatic rings. The number of hydrogen-bond donors (Lipinski definition) is 3. The van der Waals surface area contributed by atoms with Gasteiger partial charge < -0.3 is 11.1 Å². The average Bonchev–Trinajstić information content (AvgIpc) is 2.39. The number of nitrogens with one attached hydrogen (secondary N) is 2. The van der Waals surface area contributed by atoms with Crippen molar-refractivity contribution in [3.8, 4) is 0 Å². The molecule has 0 spiro atoms. The van der Waals surface area contributed by atoms with Gasteiger partial charge in [-0.1, -0.05) is 25.5 Å². The van der Waals surface area contributed by atoms with Crippen LogP contribution in [-0.4, -0.2) is 27.4 Å². The Labute approximate surface area is 113 Å². The van der Waals surface area contributed by atoms with Crippen LogP contribution >= 0.6 is 0 Å². The molecule has 0 saturated carbocycles. The molecule has 4 N–H and O–H groups in total. The molecule has 1 aromatic carbocycles. The molecule has 0 aliphatic heterocycles. The Morgan fingerprint density at radius 2 is 2.00 bits per heavy atom. The monoisotopic (exact) mass is 285 g/mol. The summed E-state index contributed by atoms with van der Waals surface area (Å²) in [5, 5.41) is 2.55. The number of para-hydroxylation sites is 1. The number of carbonyl (C=O) groups excluding carboxylic acids is 1. The van der Waals surface area contributed by atoms with Gasteiger partial charge in [0, 0.05) is 0 Å². The predicted octanol–water partition coefficient (Wildman–Crippen LogP) is 0.661. The van der Waals surface area contributed by atoms with Gasteiger partial charge in [0.05, 0.1) is 11.7 Å². The van der Waals surface area contributed by atoms with E-state index in [1.54, 1.807) is 12.1 Å². The summed E-state index contributed by atoms with van der Waals surface area (Å²) in [6.45, 7) is 1.92. The molecule has 0 aromatic heterocycles. The molecule has 0 heterocycles. The molecule has 7 heteroatoms. The molecule has 1 unspecified atom stereocenters. The largest absolute Gasteiger partial charge is 0.324 e. The third-order valence-corrected chi connectivity index (χ3v) is 4.11. The van der Waals surface area contributed by atoms with Gasteiger partial charge in [-0.3, -0.25) is 4.79 Å². The van der Waals surface area contributed by atoms with Crippen LogP contribution in [0.2, 0.25) is 0 Å². The van der Waals surface area contributed by atoms with Crippen LogP contribution in [0.3, 0.4) is 0 Å². The first-order valence-electron chi connectivity index (χ1n) is 6.01. The lowest BCUT2D eigenvalue weighted by molar-refractivity contribution is -0.117. The Bertz CT molecular complexity index is 543. The lowest BCUT2D eigenvalue weighted by Gasteiger charge is -2.14. The average molecular weight is 285 g/mol. The van der Waals surface area contributed by atoms with Crippen molar-refractivity contribution in [2.24, 2.45) is 5.73 Å². The molecule has 0 radical (unpaired) electrons. The molecule has 1 atom stereocenters. The summed E-state index contributed by atoms with van der Waals surface area (Å²) in [6, 6.07) is 5.55. The zero-order valence-corrected chi connectivity index (χ0v) is 11.8. The molecule has 1 rings (SSSR count). The van der Waals surface area contributed by atoms with Crippen LogP contribution < -0.4 is 15.8 Å². The first-order valence-corrected chi connectivity index (χ1v) is 7.49. The highest BCUT2D eigenvalue weighted by atomic mass is 32.2. The number of carbonyl (C=O) groups is 1. The van der Waals surface area contributed by atoms with E-state index in [2.05, 4.69) is 10.0 Å². The summed E-state index contributed by atoms with van der Waals surface area (Å²) in [6.07, 6.45) is 1.33. The van der Waals surface area contributed by atoms with Crippen molar-refractivity contribution in [2.45, 2.75) is 30.7 Å². The standard InChI is InChI=1S/C12H19N3O3S/c1-3-6-9(13)12(16)15-10-7-4-5-8-11(10)19(17,18)14-2/h4-5,7-9,14H,3,6,13H2,1-2H3,(H,15,16). The minimum Gasteiger partial charge on any atom is -0.324 e. The molecule has 19 heavy (non-hydrogen) atoms. The summed E-state index contributed by atoms with van der Waals surface area (Å²) in [5.41, 5.74) is 5.92. The molecular formula is C12H19N3O3S. The number of amides is 1. The minimum absolute atomic E-state index is 0.0227. The number of nitrogens with two attached hydrogens (primary N) is 1. The fraction of sp³-hybridized carbons (Fsp3) is 0.417. The van der Waals surface area contributed by atoms with Crippen LogP contribution in [0.4, 0.5) is 5.69 Å². The topological polar surface area (TPSA) is 101 Å². The van der Waals surface area contributed by atoms with Crippen LogP contribution in [0, 0.1) is 0 Å². The maximum atomic E-state index is 11.8. The Balaban J connectivity index is 3.00. The van der Waals surface area contributed by atoms with Gasteiger partial charge >= 0.3 is 0 Å². The molecule has 106 valence electrons. The Hall–Kier alpha value is -1.44. The predicted molar refractivity (Wildman–Crippen MR) is 74.2 cm³/mol. The third-order valence-electron chi connectivity index (χ3n) is 2.64. The van der Waals surface area contributed by atoms with E-state index in [1.807, 2.05) is 6.92 Å². The fourth-order valence-electron chi connectivity index (χ4n) is 1.58. The van der Waals surface area contributed by atoms with E-state index < -0.39 is 16.1 Å². The van der Waals surface area contributed by atoms with E-state index in [-0.39, 0.29) is 16.5 Å². The Morgan fingerprint density at radius 1 is 1.37 bits per heavy atom. The third kappa shape index (κ3) is 4.02. The van der Waals surface area contributed by atoms with E-state index in [1.165, 1.54) is 19.2 Å². The van der Waals surface area contributed by atoms with Crippen molar-refractivity contribution < 1.29 is 13.2 Å². The van der Waals surface area contributed by atoms with Crippen LogP contribution in [0.5, 0.6) is 0 Å². The highest BCUT2D eigenvalue weighted by molar-refractivity contribution is 7.89. The number of anilines is 1. The van der Waals surface area contributed by atoms with Crippen molar-refractivity contribution in [2.75, 3.05) is 12.4 Å². The van der Waals surface area contributed by atoms with Crippen molar-refractivity contribution in [1.82, 2.24) is 4.72 Å². The highest BCUT2D eigenvalue weighted by Gasteiger charge is 2.19. The lowest BCUT2D eigenvalue weighted by Crippen LogP contribution is -2.36. The second-order valence-corrected chi connectivity index (χ2v) is 5.94. The van der Waals surface area contributed by atoms with Crippen molar-refractivity contribution in [3.63, 3.8) is 0 Å². The number of benzene rings is 1. The summed E-state index contributed by atoms with van der Waals surface area (Å²) >= 11 is 0. The zero-order valence-electron chi connectivity index (χ0n) is 11.0. The maximum Gasteiger partial charge on any atom is 0.242 e. The number of hydrogen-bond acceptors (Lipinski definition) is 4.